The zero-order valence-electron chi connectivity index (χ0n) is 17.3. The third kappa shape index (κ3) is 11.3. The van der Waals surface area contributed by atoms with Gasteiger partial charge in [0.2, 0.25) is 0 Å². The lowest BCUT2D eigenvalue weighted by Gasteiger charge is -2.13. The van der Waals surface area contributed by atoms with E-state index in [0.29, 0.717) is 5.92 Å². The van der Waals surface area contributed by atoms with Crippen molar-refractivity contribution in [3.05, 3.63) is 23.8 Å². The van der Waals surface area contributed by atoms with E-state index in [1.54, 1.807) is 14.2 Å². The third-order valence-electron chi connectivity index (χ3n) is 3.67. The normalized spacial score (nSPS) is 11.1. The van der Waals surface area contributed by atoms with Crippen molar-refractivity contribution in [1.82, 2.24) is 10.6 Å². The Morgan fingerprint density at radius 3 is 2.48 bits per heavy atom. The molecular formula is C20H36IN3O3. The molecule has 2 N–H and O–H groups in total. The number of halogens is 1. The highest BCUT2D eigenvalue weighted by molar-refractivity contribution is 14.0. The molecule has 27 heavy (non-hydrogen) atoms. The fourth-order valence-corrected chi connectivity index (χ4v) is 2.38. The van der Waals surface area contributed by atoms with E-state index in [1.165, 1.54) is 5.56 Å². The van der Waals surface area contributed by atoms with Crippen LogP contribution in [-0.2, 0) is 11.2 Å². The highest BCUT2D eigenvalue weighted by atomic mass is 127. The van der Waals surface area contributed by atoms with Crippen molar-refractivity contribution < 1.29 is 14.2 Å². The Morgan fingerprint density at radius 1 is 1.11 bits per heavy atom. The lowest BCUT2D eigenvalue weighted by Crippen LogP contribution is -2.38. The van der Waals surface area contributed by atoms with Gasteiger partial charge in [-0.2, -0.15) is 0 Å². The maximum Gasteiger partial charge on any atom is 0.191 e. The highest BCUT2D eigenvalue weighted by Crippen LogP contribution is 2.27. The minimum absolute atomic E-state index is 0. The van der Waals surface area contributed by atoms with Crippen molar-refractivity contribution in [2.75, 3.05) is 47.1 Å². The molecule has 156 valence electrons. The minimum atomic E-state index is 0. The first kappa shape index (κ1) is 25.8. The summed E-state index contributed by atoms with van der Waals surface area (Å²) in [5.41, 5.74) is 1.19. The van der Waals surface area contributed by atoms with Gasteiger partial charge in [-0.3, -0.25) is 4.99 Å². The van der Waals surface area contributed by atoms with Crippen LogP contribution < -0.4 is 20.1 Å². The Morgan fingerprint density at radius 2 is 1.85 bits per heavy atom. The van der Waals surface area contributed by atoms with Crippen LogP contribution in [0.5, 0.6) is 11.5 Å². The van der Waals surface area contributed by atoms with Gasteiger partial charge < -0.3 is 24.8 Å². The molecule has 0 aliphatic carbocycles. The fourth-order valence-electron chi connectivity index (χ4n) is 2.38. The van der Waals surface area contributed by atoms with E-state index in [1.807, 2.05) is 12.1 Å². The number of nitrogens with zero attached hydrogens (tertiary/aromatic N) is 1. The van der Waals surface area contributed by atoms with Crippen LogP contribution in [0.15, 0.2) is 23.2 Å². The number of aliphatic imine (C=N–C) groups is 1. The summed E-state index contributed by atoms with van der Waals surface area (Å²) in [6, 6.07) is 6.00. The molecule has 0 aliphatic rings. The maximum atomic E-state index is 5.58. The smallest absolute Gasteiger partial charge is 0.191 e. The van der Waals surface area contributed by atoms with Crippen LogP contribution in [0.4, 0.5) is 0 Å². The Labute approximate surface area is 181 Å². The van der Waals surface area contributed by atoms with Gasteiger partial charge in [-0.1, -0.05) is 19.9 Å². The van der Waals surface area contributed by atoms with Crippen LogP contribution in [0.1, 0.15) is 32.8 Å². The van der Waals surface area contributed by atoms with Gasteiger partial charge in [0.1, 0.15) is 0 Å². The van der Waals surface area contributed by atoms with Crippen molar-refractivity contribution in [3.8, 4) is 11.5 Å². The predicted octanol–water partition coefficient (Wildman–Crippen LogP) is 3.48. The molecule has 0 aliphatic heterocycles. The number of nitrogens with one attached hydrogen (secondary N) is 2. The largest absolute Gasteiger partial charge is 0.493 e. The molecule has 0 unspecified atom stereocenters. The van der Waals surface area contributed by atoms with Gasteiger partial charge in [-0.15, -0.1) is 24.0 Å². The zero-order chi connectivity index (χ0) is 19.2. The standard InChI is InChI=1S/C20H35N3O3.HI/c1-6-21-20(22-11-7-13-26-15-16(2)3)23-12-10-17-8-9-18(24-4)19(14-17)25-5;/h8-9,14,16H,6-7,10-13,15H2,1-5H3,(H2,21,22,23);1H. The predicted molar refractivity (Wildman–Crippen MR) is 123 cm³/mol. The third-order valence-corrected chi connectivity index (χ3v) is 3.67. The average molecular weight is 493 g/mol. The number of rotatable bonds is 12. The lowest BCUT2D eigenvalue weighted by molar-refractivity contribution is 0.109. The second kappa shape index (κ2) is 15.8. The van der Waals surface area contributed by atoms with Crippen LogP contribution >= 0.6 is 24.0 Å². The molecule has 0 radical (unpaired) electrons. The van der Waals surface area contributed by atoms with E-state index in [9.17, 15) is 0 Å². The number of hydrogen-bond acceptors (Lipinski definition) is 4. The van der Waals surface area contributed by atoms with Crippen molar-refractivity contribution in [2.45, 2.75) is 33.6 Å². The van der Waals surface area contributed by atoms with Crippen molar-refractivity contribution in [3.63, 3.8) is 0 Å². The van der Waals surface area contributed by atoms with E-state index in [4.69, 9.17) is 14.2 Å². The second-order valence-corrected chi connectivity index (χ2v) is 6.45. The molecule has 0 saturated heterocycles. The minimum Gasteiger partial charge on any atom is -0.493 e. The molecule has 0 saturated carbocycles. The van der Waals surface area contributed by atoms with Gasteiger partial charge in [-0.05, 0) is 43.4 Å². The van der Waals surface area contributed by atoms with E-state index in [0.717, 1.165) is 63.1 Å². The Kier molecular flexibility index (Phi) is 15.1. The average Bonchev–Trinajstić information content (AvgIpc) is 2.64. The quantitative estimate of drug-likeness (QED) is 0.202. The fraction of sp³-hybridized carbons (Fsp3) is 0.650. The SMILES string of the molecule is CCNC(=NCCCOCC(C)C)NCCc1ccc(OC)c(OC)c1.I. The van der Waals surface area contributed by atoms with E-state index >= 15 is 0 Å². The lowest BCUT2D eigenvalue weighted by atomic mass is 10.1. The molecule has 1 aromatic carbocycles. The van der Waals surface area contributed by atoms with Crippen LogP contribution in [0, 0.1) is 5.92 Å². The Bertz CT molecular complexity index is 539. The summed E-state index contributed by atoms with van der Waals surface area (Å²) < 4.78 is 16.2. The van der Waals surface area contributed by atoms with Gasteiger partial charge in [0.25, 0.3) is 0 Å². The summed E-state index contributed by atoms with van der Waals surface area (Å²) in [5, 5.41) is 6.64. The van der Waals surface area contributed by atoms with Gasteiger partial charge in [-0.25, -0.2) is 0 Å². The first-order valence-electron chi connectivity index (χ1n) is 9.41. The number of methoxy groups -OCH3 is 2. The zero-order valence-corrected chi connectivity index (χ0v) is 19.7. The maximum absolute atomic E-state index is 5.58. The first-order chi connectivity index (χ1) is 12.6. The summed E-state index contributed by atoms with van der Waals surface area (Å²) in [4.78, 5) is 4.59. The molecule has 0 heterocycles. The van der Waals surface area contributed by atoms with Gasteiger partial charge >= 0.3 is 0 Å². The molecule has 6 nitrogen and oxygen atoms in total. The molecular weight excluding hydrogens is 457 g/mol. The topological polar surface area (TPSA) is 64.1 Å². The van der Waals surface area contributed by atoms with Crippen LogP contribution in [-0.4, -0.2) is 53.0 Å². The number of benzene rings is 1. The van der Waals surface area contributed by atoms with Crippen molar-refractivity contribution in [2.24, 2.45) is 10.9 Å². The van der Waals surface area contributed by atoms with Gasteiger partial charge in [0.05, 0.1) is 14.2 Å². The van der Waals surface area contributed by atoms with Crippen LogP contribution in [0.3, 0.4) is 0 Å². The molecule has 0 atom stereocenters. The van der Waals surface area contributed by atoms with Crippen LogP contribution in [0.25, 0.3) is 0 Å². The Hall–Kier alpha value is -1.22. The molecule has 1 rings (SSSR count). The molecule has 0 aromatic heterocycles. The summed E-state index contributed by atoms with van der Waals surface area (Å²) in [7, 11) is 3.30. The second-order valence-electron chi connectivity index (χ2n) is 6.45. The van der Waals surface area contributed by atoms with Crippen LogP contribution in [0.2, 0.25) is 0 Å². The summed E-state index contributed by atoms with van der Waals surface area (Å²) in [6.45, 7) is 10.3. The molecule has 0 bridgehead atoms. The number of guanidine groups is 1. The van der Waals surface area contributed by atoms with E-state index < -0.39 is 0 Å². The summed E-state index contributed by atoms with van der Waals surface area (Å²) in [5.74, 6) is 2.93. The van der Waals surface area contributed by atoms with Crippen molar-refractivity contribution in [1.29, 1.82) is 0 Å². The molecule has 1 aromatic rings. The molecule has 0 amide bonds. The first-order valence-corrected chi connectivity index (χ1v) is 9.41. The van der Waals surface area contributed by atoms with Crippen molar-refractivity contribution >= 4 is 29.9 Å². The van der Waals surface area contributed by atoms with Gasteiger partial charge in [0.15, 0.2) is 17.5 Å². The van der Waals surface area contributed by atoms with E-state index in [2.05, 4.69) is 42.5 Å². The summed E-state index contributed by atoms with van der Waals surface area (Å²) >= 11 is 0. The molecule has 0 fully saturated rings. The van der Waals surface area contributed by atoms with E-state index in [-0.39, 0.29) is 24.0 Å². The highest BCUT2D eigenvalue weighted by Gasteiger charge is 2.05. The Balaban J connectivity index is 0.00000676. The molecule has 7 heteroatoms. The summed E-state index contributed by atoms with van der Waals surface area (Å²) in [6.07, 6.45) is 1.81. The number of hydrogen-bond donors (Lipinski definition) is 2. The number of ether oxygens (including phenoxy) is 3. The molecule has 0 spiro atoms. The monoisotopic (exact) mass is 493 g/mol. The van der Waals surface area contributed by atoms with Gasteiger partial charge in [0, 0.05) is 32.8 Å².